The van der Waals surface area contributed by atoms with Crippen molar-refractivity contribution in [1.82, 2.24) is 63.1 Å². The number of carbonyl (C=O) groups is 14. The standard InChI is InChI=1S/C59H101N19O15S/c1-10-32(6)45(76-50(87)37(17-20-43(81)82)75-55(92)58(7,8)78-54(91)44(31(4)5)77-56(93)59(65)22-11-12-23-59)53(90)72-36(16-19-42(61)80)48(85)73-39(26-30(2)3)51(88)71-38(21-25-94-9)49(86)74-40(27-33-28-66-29-68-33)52(89)70-35(15-18-41(60)79)47(84)69-34(46(62)83)14-13-24-67-57(63)64/h28-32,34-40,44-45H,10-27,65H2,1-9H3,(H2,60,79)(H2,61,80)(H2,62,83)(H,66,68)(H,69,84)(H,70,89)(H,71,88)(H,72,90)(H,73,85)(H,74,86)(H,75,92)(H,76,87)(H,77,93)(H,78,91)(H,81,82)(H4,63,64,67)/t32-,34-,35-,36-,37-,38-,39-,40-,44-,45-/m0/s1. The van der Waals surface area contributed by atoms with E-state index in [0.29, 0.717) is 18.5 Å². The first kappa shape index (κ1) is 81.5. The number of primary amides is 3. The molecule has 528 valence electrons. The van der Waals surface area contributed by atoms with Gasteiger partial charge in [0.2, 0.25) is 76.8 Å². The molecule has 1 aliphatic carbocycles. The molecule has 34 nitrogen and oxygen atoms in total. The number of H-pyrrole nitrogens is 1. The normalized spacial score (nSPS) is 15.9. The molecule has 2 rings (SSSR count). The Hall–Kier alpha value is -8.63. The topological polar surface area (TPSA) is 577 Å². The molecular formula is C59H101N19O15S. The van der Waals surface area contributed by atoms with E-state index in [2.05, 4.69) is 68.1 Å². The lowest BCUT2D eigenvalue weighted by Gasteiger charge is -2.33. The first-order chi connectivity index (χ1) is 43.9. The first-order valence-corrected chi connectivity index (χ1v) is 32.8. The molecular weight excluding hydrogens is 1250 g/mol. The summed E-state index contributed by atoms with van der Waals surface area (Å²) in [6.45, 7) is 12.8. The Balaban J connectivity index is 2.47. The number of guanidine groups is 1. The lowest BCUT2D eigenvalue weighted by molar-refractivity contribution is -0.140. The Morgan fingerprint density at radius 1 is 0.617 bits per heavy atom. The average molecular weight is 1350 g/mol. The molecule has 1 aromatic rings. The molecule has 35 heteroatoms. The van der Waals surface area contributed by atoms with Crippen LogP contribution in [0, 0.1) is 17.8 Å². The summed E-state index contributed by atoms with van der Waals surface area (Å²) in [5.74, 6) is -14.2. The van der Waals surface area contributed by atoms with Crippen molar-refractivity contribution < 1.29 is 72.2 Å². The number of nitrogens with zero attached hydrogens (tertiary/aromatic N) is 2. The summed E-state index contributed by atoms with van der Waals surface area (Å²) < 4.78 is 0. The highest BCUT2D eigenvalue weighted by Crippen LogP contribution is 2.28. The molecule has 0 spiro atoms. The second kappa shape index (κ2) is 39.8. The molecule has 0 aliphatic heterocycles. The van der Waals surface area contributed by atoms with Crippen molar-refractivity contribution in [2.45, 2.75) is 224 Å². The zero-order chi connectivity index (χ0) is 71.2. The molecule has 10 atom stereocenters. The minimum Gasteiger partial charge on any atom is -0.481 e. The van der Waals surface area contributed by atoms with Crippen molar-refractivity contribution in [2.75, 3.05) is 18.6 Å². The first-order valence-electron chi connectivity index (χ1n) is 31.4. The maximum absolute atomic E-state index is 14.5. The Bertz CT molecular complexity index is 2810. The van der Waals surface area contributed by atoms with Gasteiger partial charge in [0.05, 0.1) is 11.9 Å². The fourth-order valence-corrected chi connectivity index (χ4v) is 10.4. The monoisotopic (exact) mass is 1350 g/mol. The third-order valence-corrected chi connectivity index (χ3v) is 16.3. The molecule has 0 aromatic carbocycles. The Labute approximate surface area is 551 Å². The number of aromatic amines is 1. The largest absolute Gasteiger partial charge is 0.481 e. The summed E-state index contributed by atoms with van der Waals surface area (Å²) in [4.78, 5) is 200. The number of carboxylic acid groups (broad SMARTS) is 1. The van der Waals surface area contributed by atoms with Gasteiger partial charge in [0.1, 0.15) is 59.9 Å². The highest BCUT2D eigenvalue weighted by molar-refractivity contribution is 7.98. The SMILES string of the molecule is CC[C@H](C)[C@H](NC(=O)[C@H](CCC(=O)O)NC(=O)C(C)(C)NC(=O)[C@@H](NC(=O)C1(N)CCCC1)C(C)C)C(=O)N[C@@H](CCC(N)=O)C(=O)N[C@@H](CC(C)C)C(=O)N[C@@H](CCSC)C(=O)N[C@@H](Cc1cnc[nH]1)C(=O)N[C@@H](CCC(N)=O)C(=O)N[C@@H](CCCN=C(N)N)C(N)=O. The van der Waals surface area contributed by atoms with E-state index in [-0.39, 0.29) is 69.1 Å². The number of imidazole rings is 1. The maximum atomic E-state index is 14.5. The number of thioether (sulfide) groups is 1. The van der Waals surface area contributed by atoms with E-state index in [9.17, 15) is 72.2 Å². The van der Waals surface area contributed by atoms with Crippen LogP contribution in [0.4, 0.5) is 0 Å². The number of rotatable bonds is 44. The molecule has 1 saturated carbocycles. The number of amides is 13. The van der Waals surface area contributed by atoms with Gasteiger partial charge in [0, 0.05) is 44.1 Å². The Kier molecular flexibility index (Phi) is 34.5. The fraction of sp³-hybridized carbons (Fsp3) is 0.695. The van der Waals surface area contributed by atoms with Crippen molar-refractivity contribution >= 4 is 100 Å². The number of carboxylic acids is 1. The van der Waals surface area contributed by atoms with Crippen LogP contribution >= 0.6 is 11.8 Å². The fourth-order valence-electron chi connectivity index (χ4n) is 9.88. The van der Waals surface area contributed by atoms with Crippen molar-refractivity contribution in [3.05, 3.63) is 18.2 Å². The minimum atomic E-state index is -1.78. The van der Waals surface area contributed by atoms with Crippen molar-refractivity contribution in [3.8, 4) is 0 Å². The van der Waals surface area contributed by atoms with Gasteiger partial charge in [0.25, 0.3) is 0 Å². The molecule has 0 saturated heterocycles. The van der Waals surface area contributed by atoms with E-state index < -0.39 is 192 Å². The van der Waals surface area contributed by atoms with Crippen molar-refractivity contribution in [3.63, 3.8) is 0 Å². The second-order valence-corrected chi connectivity index (χ2v) is 25.9. The van der Waals surface area contributed by atoms with Gasteiger partial charge < -0.3 is 97.7 Å². The number of aromatic nitrogens is 2. The molecule has 1 fully saturated rings. The molecule has 0 unspecified atom stereocenters. The molecule has 13 amide bonds. The zero-order valence-corrected chi connectivity index (χ0v) is 56.1. The summed E-state index contributed by atoms with van der Waals surface area (Å²) in [5, 5.41) is 35.5. The lowest BCUT2D eigenvalue weighted by atomic mass is 9.94. The molecule has 1 heterocycles. The number of nitrogens with two attached hydrogens (primary N) is 6. The van der Waals surface area contributed by atoms with E-state index in [1.807, 2.05) is 0 Å². The quantitative estimate of drug-likeness (QED) is 0.0168. The van der Waals surface area contributed by atoms with Crippen LogP contribution in [-0.2, 0) is 73.5 Å². The Morgan fingerprint density at radius 3 is 1.57 bits per heavy atom. The number of aliphatic carboxylic acids is 1. The smallest absolute Gasteiger partial charge is 0.303 e. The molecule has 1 aromatic heterocycles. The third kappa shape index (κ3) is 28.7. The van der Waals surface area contributed by atoms with E-state index in [4.69, 9.17) is 34.4 Å². The molecule has 24 N–H and O–H groups in total. The van der Waals surface area contributed by atoms with E-state index in [1.54, 1.807) is 47.8 Å². The predicted octanol–water partition coefficient (Wildman–Crippen LogP) is -4.08. The van der Waals surface area contributed by atoms with Crippen LogP contribution in [0.3, 0.4) is 0 Å². The van der Waals surface area contributed by atoms with Gasteiger partial charge in [-0.05, 0) is 101 Å². The van der Waals surface area contributed by atoms with Crippen LogP contribution in [0.15, 0.2) is 17.5 Å². The van der Waals surface area contributed by atoms with Gasteiger partial charge in [-0.3, -0.25) is 72.1 Å². The predicted molar refractivity (Wildman–Crippen MR) is 347 cm³/mol. The average Bonchev–Trinajstić information content (AvgIpc) is 1.30. The summed E-state index contributed by atoms with van der Waals surface area (Å²) >= 11 is 1.31. The van der Waals surface area contributed by atoms with Crippen LogP contribution in [0.2, 0.25) is 0 Å². The molecule has 0 radical (unpaired) electrons. The number of carbonyl (C=O) groups excluding carboxylic acids is 13. The van der Waals surface area contributed by atoms with Gasteiger partial charge >= 0.3 is 5.97 Å². The van der Waals surface area contributed by atoms with E-state index in [0.717, 1.165) is 12.8 Å². The Morgan fingerprint density at radius 2 is 1.10 bits per heavy atom. The van der Waals surface area contributed by atoms with Crippen LogP contribution in [0.25, 0.3) is 0 Å². The number of aliphatic imine (C=N–C) groups is 1. The number of nitrogens with one attached hydrogen (secondary N) is 11. The van der Waals surface area contributed by atoms with Crippen molar-refractivity contribution in [2.24, 2.45) is 57.1 Å². The summed E-state index contributed by atoms with van der Waals surface area (Å²) in [6, 6.07) is -13.0. The van der Waals surface area contributed by atoms with Gasteiger partial charge in [0.15, 0.2) is 5.96 Å². The summed E-state index contributed by atoms with van der Waals surface area (Å²) in [7, 11) is 0. The maximum Gasteiger partial charge on any atom is 0.303 e. The lowest BCUT2D eigenvalue weighted by Crippen LogP contribution is -2.64. The van der Waals surface area contributed by atoms with Crippen LogP contribution in [0.1, 0.15) is 157 Å². The van der Waals surface area contributed by atoms with Crippen LogP contribution in [0.5, 0.6) is 0 Å². The van der Waals surface area contributed by atoms with Gasteiger partial charge in [-0.2, -0.15) is 11.8 Å². The van der Waals surface area contributed by atoms with E-state index in [1.165, 1.54) is 38.1 Å². The number of hydrogen-bond donors (Lipinski definition) is 18. The highest BCUT2D eigenvalue weighted by atomic mass is 32.2. The van der Waals surface area contributed by atoms with E-state index >= 15 is 0 Å². The van der Waals surface area contributed by atoms with Gasteiger partial charge in [-0.15, -0.1) is 0 Å². The van der Waals surface area contributed by atoms with Gasteiger partial charge in [-0.1, -0.05) is 60.8 Å². The summed E-state index contributed by atoms with van der Waals surface area (Å²) in [5.41, 5.74) is 31.0. The molecule has 1 aliphatic rings. The second-order valence-electron chi connectivity index (χ2n) is 24.9. The van der Waals surface area contributed by atoms with Crippen molar-refractivity contribution in [1.29, 1.82) is 0 Å². The third-order valence-electron chi connectivity index (χ3n) is 15.7. The van der Waals surface area contributed by atoms with Gasteiger partial charge in [-0.25, -0.2) is 4.98 Å². The summed E-state index contributed by atoms with van der Waals surface area (Å²) in [6.07, 6.45) is 4.03. The molecule has 94 heavy (non-hydrogen) atoms. The zero-order valence-electron chi connectivity index (χ0n) is 55.2. The minimum absolute atomic E-state index is 0.0107. The van der Waals surface area contributed by atoms with Crippen LogP contribution in [-0.4, -0.2) is 188 Å². The molecule has 0 bridgehead atoms. The highest BCUT2D eigenvalue weighted by Gasteiger charge is 2.42. The van der Waals surface area contributed by atoms with Crippen LogP contribution < -0.4 is 87.6 Å². The number of hydrogen-bond acceptors (Lipinski definition) is 18.